The molecule has 0 saturated carbocycles. The summed E-state index contributed by atoms with van der Waals surface area (Å²) in [6, 6.07) is 7.81. The second kappa shape index (κ2) is 7.54. The second-order valence-corrected chi connectivity index (χ2v) is 6.41. The van der Waals surface area contributed by atoms with Gasteiger partial charge in [-0.05, 0) is 22.9 Å². The third-order valence-electron chi connectivity index (χ3n) is 3.07. The summed E-state index contributed by atoms with van der Waals surface area (Å²) in [6.45, 7) is 6.90. The van der Waals surface area contributed by atoms with Crippen LogP contribution in [0, 0.1) is 5.92 Å². The van der Waals surface area contributed by atoms with Gasteiger partial charge in [-0.1, -0.05) is 32.0 Å². The molecule has 0 aliphatic rings. The highest BCUT2D eigenvalue weighted by atomic mass is 32.1. The first-order valence-electron chi connectivity index (χ1n) is 7.11. The summed E-state index contributed by atoms with van der Waals surface area (Å²) in [5, 5.41) is 13.6. The first kappa shape index (κ1) is 15.9. The predicted molar refractivity (Wildman–Crippen MR) is 86.1 cm³/mol. The van der Waals surface area contributed by atoms with Gasteiger partial charge in [0.25, 0.3) is 0 Å². The third-order valence-corrected chi connectivity index (χ3v) is 4.27. The molecule has 1 aromatic carbocycles. The Bertz CT molecular complexity index is 607. The number of carboxylic acid groups (broad SMARTS) is 1. The monoisotopic (exact) mass is 307 g/mol. The van der Waals surface area contributed by atoms with E-state index in [-0.39, 0.29) is 0 Å². The highest BCUT2D eigenvalue weighted by Gasteiger charge is 2.16. The normalized spacial score (nSPS) is 11.4. The topological polar surface area (TPSA) is 58.6 Å². The van der Waals surface area contributed by atoms with Crippen molar-refractivity contribution in [1.82, 2.24) is 5.32 Å². The molecule has 1 aromatic heterocycles. The molecule has 0 radical (unpaired) electrons. The highest BCUT2D eigenvalue weighted by Crippen LogP contribution is 2.31. The van der Waals surface area contributed by atoms with Crippen LogP contribution >= 0.6 is 11.3 Å². The summed E-state index contributed by atoms with van der Waals surface area (Å²) in [4.78, 5) is 11.8. The molecule has 0 spiro atoms. The Morgan fingerprint density at radius 1 is 1.38 bits per heavy atom. The van der Waals surface area contributed by atoms with Crippen molar-refractivity contribution in [3.63, 3.8) is 0 Å². The van der Waals surface area contributed by atoms with Gasteiger partial charge in [-0.15, -0.1) is 11.3 Å². The van der Waals surface area contributed by atoms with Crippen molar-refractivity contribution < 1.29 is 14.6 Å². The van der Waals surface area contributed by atoms with Crippen LogP contribution in [0.1, 0.15) is 29.1 Å². The molecule has 0 amide bonds. The van der Waals surface area contributed by atoms with Crippen LogP contribution in [-0.2, 0) is 11.3 Å². The number of benzene rings is 1. The predicted octanol–water partition coefficient (Wildman–Crippen LogP) is 3.36. The molecule has 1 heterocycles. The van der Waals surface area contributed by atoms with Crippen LogP contribution < -0.4 is 5.32 Å². The first-order chi connectivity index (χ1) is 10.1. The van der Waals surface area contributed by atoms with E-state index >= 15 is 0 Å². The average molecular weight is 307 g/mol. The number of aromatic carboxylic acids is 1. The van der Waals surface area contributed by atoms with Gasteiger partial charge in [0.1, 0.15) is 4.88 Å². The zero-order chi connectivity index (χ0) is 15.2. The SMILES string of the molecule is CC(C)COCCNCc1c(C(=O)O)sc2ccccc12. The number of rotatable bonds is 8. The third kappa shape index (κ3) is 4.27. The Morgan fingerprint density at radius 3 is 2.86 bits per heavy atom. The van der Waals surface area contributed by atoms with Gasteiger partial charge in [0.15, 0.2) is 0 Å². The zero-order valence-corrected chi connectivity index (χ0v) is 13.2. The fourth-order valence-corrected chi connectivity index (χ4v) is 3.18. The molecule has 0 aliphatic heterocycles. The molecule has 114 valence electrons. The second-order valence-electron chi connectivity index (χ2n) is 5.36. The van der Waals surface area contributed by atoms with Gasteiger partial charge in [0.05, 0.1) is 6.61 Å². The van der Waals surface area contributed by atoms with E-state index in [1.165, 1.54) is 11.3 Å². The summed E-state index contributed by atoms with van der Waals surface area (Å²) in [7, 11) is 0. The lowest BCUT2D eigenvalue weighted by molar-refractivity contribution is 0.0701. The standard InChI is InChI=1S/C16H21NO3S/c1-11(2)10-20-8-7-17-9-13-12-5-3-4-6-14(12)21-15(13)16(18)19/h3-6,11,17H,7-10H2,1-2H3,(H,18,19). The van der Waals surface area contributed by atoms with Gasteiger partial charge in [-0.25, -0.2) is 4.79 Å². The highest BCUT2D eigenvalue weighted by molar-refractivity contribution is 7.21. The minimum atomic E-state index is -0.857. The van der Waals surface area contributed by atoms with Crippen LogP contribution in [0.3, 0.4) is 0 Å². The molecule has 2 rings (SSSR count). The van der Waals surface area contributed by atoms with Crippen LogP contribution in [0.4, 0.5) is 0 Å². The van der Waals surface area contributed by atoms with E-state index in [0.29, 0.717) is 23.9 Å². The molecule has 0 fully saturated rings. The Balaban J connectivity index is 1.97. The molecule has 5 heteroatoms. The minimum absolute atomic E-state index is 0.423. The molecule has 4 nitrogen and oxygen atoms in total. The number of carbonyl (C=O) groups is 1. The molecule has 0 aliphatic carbocycles. The van der Waals surface area contributed by atoms with Gasteiger partial charge in [0, 0.05) is 24.4 Å². The van der Waals surface area contributed by atoms with E-state index < -0.39 is 5.97 Å². The number of fused-ring (bicyclic) bond motifs is 1. The lowest BCUT2D eigenvalue weighted by Gasteiger charge is -2.08. The average Bonchev–Trinajstić information content (AvgIpc) is 2.81. The van der Waals surface area contributed by atoms with Crippen LogP contribution in [0.5, 0.6) is 0 Å². The molecular formula is C16H21NO3S. The molecule has 2 aromatic rings. The largest absolute Gasteiger partial charge is 0.477 e. The van der Waals surface area contributed by atoms with Crippen molar-refractivity contribution in [2.45, 2.75) is 20.4 Å². The van der Waals surface area contributed by atoms with E-state index in [1.807, 2.05) is 24.3 Å². The van der Waals surface area contributed by atoms with Gasteiger partial charge in [-0.3, -0.25) is 0 Å². The van der Waals surface area contributed by atoms with Crippen LogP contribution in [0.25, 0.3) is 10.1 Å². The molecular weight excluding hydrogens is 286 g/mol. The van der Waals surface area contributed by atoms with E-state index in [9.17, 15) is 9.90 Å². The van der Waals surface area contributed by atoms with Gasteiger partial charge < -0.3 is 15.2 Å². The van der Waals surface area contributed by atoms with Crippen LogP contribution in [-0.4, -0.2) is 30.8 Å². The molecule has 21 heavy (non-hydrogen) atoms. The van der Waals surface area contributed by atoms with Crippen molar-refractivity contribution in [3.8, 4) is 0 Å². The molecule has 2 N–H and O–H groups in total. The summed E-state index contributed by atoms with van der Waals surface area (Å²) in [6.07, 6.45) is 0. The maximum absolute atomic E-state index is 11.4. The fourth-order valence-electron chi connectivity index (χ4n) is 2.12. The number of thiophene rings is 1. The van der Waals surface area contributed by atoms with E-state index in [4.69, 9.17) is 4.74 Å². The quantitative estimate of drug-likeness (QED) is 0.734. The summed E-state index contributed by atoms with van der Waals surface area (Å²) in [5.74, 6) is -0.325. The van der Waals surface area contributed by atoms with Crippen LogP contribution in [0.2, 0.25) is 0 Å². The van der Waals surface area contributed by atoms with Crippen molar-refractivity contribution in [3.05, 3.63) is 34.7 Å². The van der Waals surface area contributed by atoms with Crippen molar-refractivity contribution >= 4 is 27.4 Å². The Labute approximate surface area is 128 Å². The number of carboxylic acids is 1. The fraction of sp³-hybridized carbons (Fsp3) is 0.438. The van der Waals surface area contributed by atoms with Crippen molar-refractivity contribution in [1.29, 1.82) is 0 Å². The van der Waals surface area contributed by atoms with Gasteiger partial charge >= 0.3 is 5.97 Å². The maximum Gasteiger partial charge on any atom is 0.346 e. The minimum Gasteiger partial charge on any atom is -0.477 e. The van der Waals surface area contributed by atoms with Crippen LogP contribution in [0.15, 0.2) is 24.3 Å². The number of nitrogens with one attached hydrogen (secondary N) is 1. The summed E-state index contributed by atoms with van der Waals surface area (Å²) in [5.41, 5.74) is 0.868. The lowest BCUT2D eigenvalue weighted by Crippen LogP contribution is -2.21. The molecule has 0 bridgehead atoms. The molecule has 0 unspecified atom stereocenters. The molecule has 0 saturated heterocycles. The maximum atomic E-state index is 11.4. The Hall–Kier alpha value is -1.43. The van der Waals surface area contributed by atoms with E-state index in [2.05, 4.69) is 19.2 Å². The summed E-state index contributed by atoms with van der Waals surface area (Å²) < 4.78 is 6.52. The van der Waals surface area contributed by atoms with Gasteiger partial charge in [0.2, 0.25) is 0 Å². The first-order valence-corrected chi connectivity index (χ1v) is 7.93. The summed E-state index contributed by atoms with van der Waals surface area (Å²) >= 11 is 1.33. The smallest absolute Gasteiger partial charge is 0.346 e. The zero-order valence-electron chi connectivity index (χ0n) is 12.4. The lowest BCUT2D eigenvalue weighted by atomic mass is 10.1. The van der Waals surface area contributed by atoms with Crippen molar-refractivity contribution in [2.24, 2.45) is 5.92 Å². The number of hydrogen-bond acceptors (Lipinski definition) is 4. The number of ether oxygens (including phenoxy) is 1. The Kier molecular flexibility index (Phi) is 5.73. The Morgan fingerprint density at radius 2 is 2.14 bits per heavy atom. The number of hydrogen-bond donors (Lipinski definition) is 2. The van der Waals surface area contributed by atoms with Gasteiger partial charge in [-0.2, -0.15) is 0 Å². The van der Waals surface area contributed by atoms with E-state index in [1.54, 1.807) is 0 Å². The molecule has 0 atom stereocenters. The van der Waals surface area contributed by atoms with Crippen molar-refractivity contribution in [2.75, 3.05) is 19.8 Å². The van der Waals surface area contributed by atoms with E-state index in [0.717, 1.165) is 28.8 Å².